The molecule has 0 aromatic carbocycles. The monoisotopic (exact) mass is 1980 g/mol. The van der Waals surface area contributed by atoms with Gasteiger partial charge in [0.25, 0.3) is 0 Å². The van der Waals surface area contributed by atoms with E-state index in [0.717, 1.165) is 40.2 Å². The number of aromatic nitrogens is 4. The Balaban J connectivity index is 0.977. The number of halogens is 8. The fraction of sp³-hybridized carbons (Fsp3) is 0.545. The molecule has 44 heteroatoms. The van der Waals surface area contributed by atoms with E-state index in [1.165, 1.54) is 0 Å². The quantitative estimate of drug-likeness (QED) is 0.0131. The molecule has 5 aliphatic rings. The minimum Gasteiger partial charge on any atom is -0.466 e. The lowest BCUT2D eigenvalue weighted by Gasteiger charge is -2.51. The van der Waals surface area contributed by atoms with Crippen LogP contribution in [-0.2, 0) is 71.0 Å². The van der Waals surface area contributed by atoms with Crippen LogP contribution >= 0.6 is 0 Å². The summed E-state index contributed by atoms with van der Waals surface area (Å²) < 4.78 is 206. The molecule has 0 radical (unpaired) electrons. The summed E-state index contributed by atoms with van der Waals surface area (Å²) in [5.41, 5.74) is 15.2. The third kappa shape index (κ3) is 28.5. The molecule has 0 saturated carbocycles. The first-order valence-corrected chi connectivity index (χ1v) is 66.6. The first-order valence-electron chi connectivity index (χ1n) is 45.3. The van der Waals surface area contributed by atoms with E-state index in [2.05, 4.69) is 0 Å². The number of carbonyl (C=O) groups excluding carboxylic acids is 4. The zero-order valence-corrected chi connectivity index (χ0v) is 90.2. The third-order valence-corrected chi connectivity index (χ3v) is 56.4. The van der Waals surface area contributed by atoms with Crippen molar-refractivity contribution < 1.29 is 106 Å². The second-order valence-electron chi connectivity index (χ2n) is 38.1. The van der Waals surface area contributed by atoms with E-state index in [9.17, 15) is 53.7 Å². The lowest BCUT2D eigenvalue weighted by molar-refractivity contribution is -0.144. The van der Waals surface area contributed by atoms with Crippen molar-refractivity contribution in [3.63, 3.8) is 0 Å². The van der Waals surface area contributed by atoms with Gasteiger partial charge >= 0.3 is 88.7 Å². The molecule has 9 heterocycles. The first-order chi connectivity index (χ1) is 61.3. The molecule has 0 unspecified atom stereocenters. The van der Waals surface area contributed by atoms with Gasteiger partial charge in [-0.25, -0.2) is 0 Å². The van der Waals surface area contributed by atoms with Gasteiger partial charge in [0.2, 0.25) is 0 Å². The molecule has 720 valence electrons. The molecule has 1 fully saturated rings. The van der Waals surface area contributed by atoms with E-state index < -0.39 is 122 Å². The summed E-state index contributed by atoms with van der Waals surface area (Å²) >= 11 is 0. The maximum Gasteiger partial charge on any atom is 0.677 e. The highest BCUT2D eigenvalue weighted by Gasteiger charge is 2.66. The van der Waals surface area contributed by atoms with Crippen LogP contribution in [0.5, 0.6) is 0 Å². The fourth-order valence-corrected chi connectivity index (χ4v) is 57.8. The Hall–Kier alpha value is -7.29. The van der Waals surface area contributed by atoms with Crippen molar-refractivity contribution in [3.05, 3.63) is 161 Å². The zero-order chi connectivity index (χ0) is 98.2. The number of ether oxygens (including phenoxy) is 4. The average molecular weight is 1980 g/mol. The van der Waals surface area contributed by atoms with Crippen LogP contribution in [0.2, 0.25) is 103 Å². The summed E-state index contributed by atoms with van der Waals surface area (Å²) in [5.74, 6) is -2.18. The van der Waals surface area contributed by atoms with Crippen LogP contribution in [0.15, 0.2) is 114 Å². The van der Waals surface area contributed by atoms with Gasteiger partial charge in [-0.2, -0.15) is 0 Å². The van der Waals surface area contributed by atoms with Crippen LogP contribution in [0.1, 0.15) is 200 Å². The summed E-state index contributed by atoms with van der Waals surface area (Å²) in [6.07, 6.45) is 8.54. The molecular weight excluding hydrogens is 1840 g/mol. The van der Waals surface area contributed by atoms with Gasteiger partial charge in [-0.15, -0.1) is 0 Å². The highest BCUT2D eigenvalue weighted by atomic mass is 28.6. The number of rotatable bonds is 44. The summed E-state index contributed by atoms with van der Waals surface area (Å²) in [6.45, 7) is 51.0. The zero-order valence-electron chi connectivity index (χ0n) is 82.2. The smallest absolute Gasteiger partial charge is 0.466 e. The minimum absolute atomic E-state index is 0.0221. The molecule has 0 spiro atoms. The summed E-state index contributed by atoms with van der Waals surface area (Å²) in [7, 11) is -41.0. The number of esters is 4. The van der Waals surface area contributed by atoms with Crippen molar-refractivity contribution in [1.29, 1.82) is 0 Å². The molecule has 0 N–H and O–H groups in total. The largest absolute Gasteiger partial charge is 0.677 e. The van der Waals surface area contributed by atoms with Gasteiger partial charge in [0.15, 0.2) is 33.3 Å². The van der Waals surface area contributed by atoms with Crippen molar-refractivity contribution in [1.82, 2.24) is 17.9 Å². The SMILES string of the molecule is CC1=CC(C)=N/C1=C(/CCC(=O)OCCC[Si](C)(C)O[Si]1(C)O[Si](C)(O[Si](C)(C)CCCOC(=O)CC/C(=C2/N=C(C)C=C2C)c2c(C)cc(C)n2B(F)F)O[Si](C)(O[Si](C)(C)CCCOC(=O)CC/C(=C2/N=C(C)C=C2C)c2c(C)cc(C)n2B(F)F)O[Si](C)(O[Si](C)(C)CCCOC(=O)CC/C(=C2/N=C(C)C=C2C)c2c(C)cc(C)n2B(F)F)O1)c1c(C)cc(C)n1B(F)F. The molecule has 1 saturated heterocycles. The van der Waals surface area contributed by atoms with Crippen LogP contribution in [0.4, 0.5) is 34.5 Å². The molecule has 4 aromatic heterocycles. The van der Waals surface area contributed by atoms with Crippen molar-refractivity contribution in [2.75, 3.05) is 26.4 Å². The maximum absolute atomic E-state index is 14.8. The molecule has 24 nitrogen and oxygen atoms in total. The van der Waals surface area contributed by atoms with Crippen LogP contribution in [0.3, 0.4) is 0 Å². The Labute approximate surface area is 784 Å². The second-order valence-corrected chi connectivity index (χ2v) is 67.6. The van der Waals surface area contributed by atoms with Gasteiger partial charge < -0.3 is 69.8 Å². The number of hydrogen-bond acceptors (Lipinski definition) is 20. The highest BCUT2D eigenvalue weighted by Crippen LogP contribution is 2.45. The van der Waals surface area contributed by atoms with Crippen molar-refractivity contribution >= 4 is 167 Å². The summed E-state index contributed by atoms with van der Waals surface area (Å²) in [6, 6.07) is 8.33. The van der Waals surface area contributed by atoms with Crippen LogP contribution in [0.25, 0.3) is 22.3 Å². The van der Waals surface area contributed by atoms with Crippen LogP contribution in [0, 0.1) is 55.4 Å². The van der Waals surface area contributed by atoms with E-state index >= 15 is 0 Å². The van der Waals surface area contributed by atoms with Gasteiger partial charge in [0.05, 0.1) is 49.2 Å². The van der Waals surface area contributed by atoms with Gasteiger partial charge in [0, 0.05) is 143 Å². The molecule has 9 rings (SSSR count). The van der Waals surface area contributed by atoms with Crippen molar-refractivity contribution in [3.8, 4) is 0 Å². The second kappa shape index (κ2) is 44.5. The van der Waals surface area contributed by atoms with Gasteiger partial charge in [-0.1, -0.05) is 0 Å². The van der Waals surface area contributed by atoms with Crippen molar-refractivity contribution in [2.45, 2.75) is 291 Å². The molecule has 0 aliphatic carbocycles. The lowest BCUT2D eigenvalue weighted by Crippen LogP contribution is -2.74. The molecule has 0 atom stereocenters. The predicted molar refractivity (Wildman–Crippen MR) is 528 cm³/mol. The summed E-state index contributed by atoms with van der Waals surface area (Å²) in [5, 5.41) is 0. The average Bonchev–Trinajstić information content (AvgIpc) is 1.15. The minimum atomic E-state index is -4.30. The van der Waals surface area contributed by atoms with Crippen molar-refractivity contribution in [2.24, 2.45) is 20.0 Å². The topological polar surface area (TPSA) is 248 Å². The lowest BCUT2D eigenvalue weighted by atomic mass is 9.97. The molecule has 132 heavy (non-hydrogen) atoms. The van der Waals surface area contributed by atoms with E-state index in [1.807, 2.05) is 132 Å². The number of nitrogens with zero attached hydrogens (tertiary/aromatic N) is 8. The normalized spacial score (nSPS) is 21.2. The van der Waals surface area contributed by atoms with Crippen LogP contribution in [-0.4, -0.2) is 189 Å². The molecule has 4 aromatic rings. The third-order valence-electron chi connectivity index (χ3n) is 23.5. The Bertz CT molecular complexity index is 4780. The molecular formula is C88H132B4F8N8O16Si8. The Morgan fingerprint density at radius 3 is 0.636 bits per heavy atom. The highest BCUT2D eigenvalue weighted by molar-refractivity contribution is 6.96. The molecule has 0 amide bonds. The molecule has 0 bridgehead atoms. The number of hydrogen-bond donors (Lipinski definition) is 0. The van der Waals surface area contributed by atoms with E-state index in [-0.39, 0.29) is 77.8 Å². The number of aliphatic imine (C=N–C) groups is 4. The van der Waals surface area contributed by atoms with E-state index in [4.69, 9.17) is 71.8 Å². The fourth-order valence-electron chi connectivity index (χ4n) is 18.9. The van der Waals surface area contributed by atoms with Gasteiger partial charge in [-0.3, -0.25) is 73.7 Å². The predicted octanol–water partition coefficient (Wildman–Crippen LogP) is 22.2. The van der Waals surface area contributed by atoms with Crippen LogP contribution < -0.4 is 0 Å². The Morgan fingerprint density at radius 1 is 0.311 bits per heavy atom. The number of aryl methyl sites for hydroxylation is 8. The van der Waals surface area contributed by atoms with Gasteiger partial charge in [0.1, 0.15) is 0 Å². The number of carbonyl (C=O) groups is 4. The summed E-state index contributed by atoms with van der Waals surface area (Å²) in [4.78, 5) is 74.4. The first kappa shape index (κ1) is 108. The number of allylic oxidation sites excluding steroid dienone is 12. The Kier molecular flexibility index (Phi) is 36.5. The molecule has 5 aliphatic heterocycles. The van der Waals surface area contributed by atoms with E-state index in [1.54, 1.807) is 106 Å². The standard InChI is InChI=1S/C88H132B4F8N8O16Si8/c1-57-49-65(9)101-81(57)73(85-61(5)53-69(13)105(85)89(93)94)33-37-77(109)113-41-29-45-125(17,18)117-129(25)121-130(26,118-126(19,20)46-30-42-114-78(110)38-34-74(82-58(2)50-66(10)102-82)86-62(6)54-70(14)106(86)90(95)96)123-132(28,120-128(23,24)48-32-44-116-80(112)40-36-76(84-60(4)52-68(12)104-84)88-64(8)56-72(16)108(88)92(99)100)124-131(27,122-129)119-127(21,22)47-31-43-115-79(111)39-35-75(83-59(3)51-67(11)103-83)87-63(7)55-71(15)107(87)91(97)98/h49-56H,29-48H2,1-28H3/b81-73-,82-74-,83-75-,84-76-. The Morgan fingerprint density at radius 2 is 0.485 bits per heavy atom. The maximum atomic E-state index is 14.8. The van der Waals surface area contributed by atoms with Gasteiger partial charge in [-0.05, 0) is 332 Å². The van der Waals surface area contributed by atoms with E-state index in [0.29, 0.717) is 186 Å².